The van der Waals surface area contributed by atoms with Crippen molar-refractivity contribution in [2.45, 2.75) is 19.9 Å². The topological polar surface area (TPSA) is 72.5 Å². The standard InChI is InChI=1S/C25H21NO4/c1-16(27)26-14-17-6-8-18(9-7-17)25(29)30-15-24(28)21-11-10-20-12-19-4-2-3-5-22(19)23(20)13-21/h2-11,13H,12,14-15H2,1H3,(H,26,27). The molecule has 1 aliphatic carbocycles. The largest absolute Gasteiger partial charge is 0.454 e. The first-order valence-electron chi connectivity index (χ1n) is 9.76. The summed E-state index contributed by atoms with van der Waals surface area (Å²) in [6.45, 7) is 1.53. The van der Waals surface area contributed by atoms with Gasteiger partial charge in [0.2, 0.25) is 5.91 Å². The van der Waals surface area contributed by atoms with Crippen LogP contribution >= 0.6 is 0 Å². The molecule has 0 fully saturated rings. The van der Waals surface area contributed by atoms with Gasteiger partial charge in [-0.15, -0.1) is 0 Å². The molecule has 0 unspecified atom stereocenters. The number of ketones is 1. The van der Waals surface area contributed by atoms with Crippen molar-refractivity contribution in [2.24, 2.45) is 0 Å². The van der Waals surface area contributed by atoms with Gasteiger partial charge in [-0.2, -0.15) is 0 Å². The zero-order chi connectivity index (χ0) is 21.1. The molecule has 0 heterocycles. The summed E-state index contributed by atoms with van der Waals surface area (Å²) < 4.78 is 5.21. The van der Waals surface area contributed by atoms with E-state index in [1.54, 1.807) is 30.3 Å². The van der Waals surface area contributed by atoms with E-state index in [2.05, 4.69) is 17.4 Å². The summed E-state index contributed by atoms with van der Waals surface area (Å²) in [7, 11) is 0. The SMILES string of the molecule is CC(=O)NCc1ccc(C(=O)OCC(=O)c2ccc3c(c2)-c2ccccc2C3)cc1. The van der Waals surface area contributed by atoms with Crippen molar-refractivity contribution in [2.75, 3.05) is 6.61 Å². The first-order chi connectivity index (χ1) is 14.5. The summed E-state index contributed by atoms with van der Waals surface area (Å²) in [5.41, 5.74) is 6.43. The molecule has 0 aliphatic heterocycles. The van der Waals surface area contributed by atoms with Crippen LogP contribution in [-0.4, -0.2) is 24.3 Å². The summed E-state index contributed by atoms with van der Waals surface area (Å²) in [6.07, 6.45) is 0.868. The Balaban J connectivity index is 1.38. The Morgan fingerprint density at radius 3 is 2.33 bits per heavy atom. The summed E-state index contributed by atoms with van der Waals surface area (Å²) in [5.74, 6) is -0.911. The lowest BCUT2D eigenvalue weighted by molar-refractivity contribution is -0.119. The summed E-state index contributed by atoms with van der Waals surface area (Å²) in [5, 5.41) is 2.69. The highest BCUT2D eigenvalue weighted by atomic mass is 16.5. The predicted molar refractivity (Wildman–Crippen MR) is 113 cm³/mol. The molecule has 1 aliphatic rings. The molecule has 0 bridgehead atoms. The Kier molecular flexibility index (Phi) is 5.44. The number of Topliss-reactive ketones (excluding diaryl/α,β-unsaturated/α-hetero) is 1. The lowest BCUT2D eigenvalue weighted by Gasteiger charge is -2.08. The van der Waals surface area contributed by atoms with E-state index in [1.807, 2.05) is 24.3 Å². The Morgan fingerprint density at radius 1 is 0.867 bits per heavy atom. The van der Waals surface area contributed by atoms with Crippen molar-refractivity contribution < 1.29 is 19.1 Å². The minimum absolute atomic E-state index is 0.118. The van der Waals surface area contributed by atoms with Gasteiger partial charge in [-0.05, 0) is 52.4 Å². The van der Waals surface area contributed by atoms with Crippen LogP contribution in [0.25, 0.3) is 11.1 Å². The average molecular weight is 399 g/mol. The molecule has 5 heteroatoms. The van der Waals surface area contributed by atoms with Crippen molar-refractivity contribution in [3.05, 3.63) is 94.5 Å². The second kappa shape index (κ2) is 8.33. The van der Waals surface area contributed by atoms with Gasteiger partial charge < -0.3 is 10.1 Å². The van der Waals surface area contributed by atoms with E-state index in [-0.39, 0.29) is 18.3 Å². The summed E-state index contributed by atoms with van der Waals surface area (Å²) in [6, 6.07) is 20.5. The van der Waals surface area contributed by atoms with Crippen LogP contribution in [0.5, 0.6) is 0 Å². The van der Waals surface area contributed by atoms with Crippen molar-refractivity contribution >= 4 is 17.7 Å². The summed E-state index contributed by atoms with van der Waals surface area (Å²) >= 11 is 0. The molecule has 5 nitrogen and oxygen atoms in total. The lowest BCUT2D eigenvalue weighted by atomic mass is 10.0. The second-order valence-corrected chi connectivity index (χ2v) is 7.31. The molecule has 3 aromatic rings. The zero-order valence-corrected chi connectivity index (χ0v) is 16.6. The van der Waals surface area contributed by atoms with E-state index >= 15 is 0 Å². The highest BCUT2D eigenvalue weighted by Gasteiger charge is 2.20. The first kappa shape index (κ1) is 19.6. The lowest BCUT2D eigenvalue weighted by Crippen LogP contribution is -2.19. The molecule has 0 radical (unpaired) electrons. The number of rotatable bonds is 6. The molecule has 0 aromatic heterocycles. The fourth-order valence-electron chi connectivity index (χ4n) is 3.58. The number of hydrogen-bond acceptors (Lipinski definition) is 4. The number of carbonyl (C=O) groups is 3. The average Bonchev–Trinajstić information content (AvgIpc) is 3.14. The number of amides is 1. The van der Waals surface area contributed by atoms with Crippen LogP contribution in [0.1, 0.15) is 44.3 Å². The number of carbonyl (C=O) groups excluding carboxylic acids is 3. The Morgan fingerprint density at radius 2 is 1.57 bits per heavy atom. The molecular weight excluding hydrogens is 378 g/mol. The Hall–Kier alpha value is -3.73. The normalized spacial score (nSPS) is 11.4. The van der Waals surface area contributed by atoms with Gasteiger partial charge in [0.25, 0.3) is 0 Å². The molecule has 30 heavy (non-hydrogen) atoms. The summed E-state index contributed by atoms with van der Waals surface area (Å²) in [4.78, 5) is 35.8. The first-order valence-corrected chi connectivity index (χ1v) is 9.76. The predicted octanol–water partition coefficient (Wildman–Crippen LogP) is 3.93. The van der Waals surface area contributed by atoms with Crippen molar-refractivity contribution in [1.29, 1.82) is 0 Å². The van der Waals surface area contributed by atoms with Crippen LogP contribution in [0.15, 0.2) is 66.7 Å². The van der Waals surface area contributed by atoms with Crippen LogP contribution in [0, 0.1) is 0 Å². The smallest absolute Gasteiger partial charge is 0.338 e. The van der Waals surface area contributed by atoms with Crippen molar-refractivity contribution in [3.63, 3.8) is 0 Å². The monoisotopic (exact) mass is 399 g/mol. The molecule has 1 amide bonds. The number of nitrogens with one attached hydrogen (secondary N) is 1. The maximum absolute atomic E-state index is 12.6. The minimum atomic E-state index is -0.555. The maximum Gasteiger partial charge on any atom is 0.338 e. The Labute approximate surface area is 174 Å². The van der Waals surface area contributed by atoms with Crippen LogP contribution in [0.4, 0.5) is 0 Å². The van der Waals surface area contributed by atoms with E-state index in [4.69, 9.17) is 4.74 Å². The second-order valence-electron chi connectivity index (χ2n) is 7.31. The number of benzene rings is 3. The van der Waals surface area contributed by atoms with Crippen LogP contribution < -0.4 is 5.32 Å². The van der Waals surface area contributed by atoms with Gasteiger partial charge >= 0.3 is 5.97 Å². The molecule has 0 saturated heterocycles. The van der Waals surface area contributed by atoms with Gasteiger partial charge in [0, 0.05) is 19.0 Å². The van der Waals surface area contributed by atoms with E-state index in [0.717, 1.165) is 23.1 Å². The molecule has 4 rings (SSSR count). The van der Waals surface area contributed by atoms with Gasteiger partial charge in [-0.25, -0.2) is 4.79 Å². The van der Waals surface area contributed by atoms with Crippen LogP contribution in [0.2, 0.25) is 0 Å². The highest BCUT2D eigenvalue weighted by molar-refractivity contribution is 6.00. The van der Waals surface area contributed by atoms with Crippen molar-refractivity contribution in [3.8, 4) is 11.1 Å². The molecule has 1 N–H and O–H groups in total. The zero-order valence-electron chi connectivity index (χ0n) is 16.6. The fraction of sp³-hybridized carbons (Fsp3) is 0.160. The third-order valence-electron chi connectivity index (χ3n) is 5.19. The molecule has 0 spiro atoms. The van der Waals surface area contributed by atoms with Gasteiger partial charge in [-0.3, -0.25) is 9.59 Å². The van der Waals surface area contributed by atoms with Crippen LogP contribution in [-0.2, 0) is 22.5 Å². The number of hydrogen-bond donors (Lipinski definition) is 1. The van der Waals surface area contributed by atoms with Gasteiger partial charge in [0.15, 0.2) is 12.4 Å². The van der Waals surface area contributed by atoms with Gasteiger partial charge in [0.1, 0.15) is 0 Å². The van der Waals surface area contributed by atoms with Gasteiger partial charge in [0.05, 0.1) is 5.56 Å². The molecule has 150 valence electrons. The third kappa shape index (κ3) is 4.15. The quantitative estimate of drug-likeness (QED) is 0.394. The van der Waals surface area contributed by atoms with Gasteiger partial charge in [-0.1, -0.05) is 48.5 Å². The minimum Gasteiger partial charge on any atom is -0.454 e. The third-order valence-corrected chi connectivity index (χ3v) is 5.19. The molecule has 0 atom stereocenters. The van der Waals surface area contributed by atoms with E-state index < -0.39 is 5.97 Å². The number of esters is 1. The fourth-order valence-corrected chi connectivity index (χ4v) is 3.58. The maximum atomic E-state index is 12.6. The number of ether oxygens (including phenoxy) is 1. The molecular formula is C25H21NO4. The van der Waals surface area contributed by atoms with E-state index in [0.29, 0.717) is 17.7 Å². The molecule has 0 saturated carbocycles. The Bertz CT molecular complexity index is 1130. The van der Waals surface area contributed by atoms with E-state index in [9.17, 15) is 14.4 Å². The van der Waals surface area contributed by atoms with Crippen LogP contribution in [0.3, 0.4) is 0 Å². The highest BCUT2D eigenvalue weighted by Crippen LogP contribution is 2.36. The van der Waals surface area contributed by atoms with Crippen molar-refractivity contribution in [1.82, 2.24) is 5.32 Å². The van der Waals surface area contributed by atoms with E-state index in [1.165, 1.54) is 18.1 Å². The number of fused-ring (bicyclic) bond motifs is 3. The molecule has 3 aromatic carbocycles.